The summed E-state index contributed by atoms with van der Waals surface area (Å²) in [5.74, 6) is 0. The highest BCUT2D eigenvalue weighted by Gasteiger charge is 2.26. The summed E-state index contributed by atoms with van der Waals surface area (Å²) in [5, 5.41) is 2.68. The lowest BCUT2D eigenvalue weighted by Gasteiger charge is -2.31. The van der Waals surface area contributed by atoms with Crippen molar-refractivity contribution in [3.8, 4) is 0 Å². The van der Waals surface area contributed by atoms with Crippen molar-refractivity contribution in [3.63, 3.8) is 0 Å². The van der Waals surface area contributed by atoms with E-state index < -0.39 is 0 Å². The molecule has 1 aliphatic carbocycles. The third-order valence-corrected chi connectivity index (χ3v) is 9.97. The van der Waals surface area contributed by atoms with Crippen LogP contribution in [0.15, 0.2) is 93.5 Å². The molecule has 3 heterocycles. The molecule has 6 rings (SSSR count). The fourth-order valence-electron chi connectivity index (χ4n) is 5.91. The first kappa shape index (κ1) is 24.6. The lowest BCUT2D eigenvalue weighted by molar-refractivity contribution is -0.665. The number of anilines is 1. The Morgan fingerprint density at radius 2 is 1.70 bits per heavy atom. The Morgan fingerprint density at radius 1 is 0.892 bits per heavy atom. The largest absolute Gasteiger partial charge is 0.371 e. The molecule has 190 valence electrons. The number of hydrogen-bond donors (Lipinski definition) is 0. The van der Waals surface area contributed by atoms with Crippen molar-refractivity contribution in [2.24, 2.45) is 0 Å². The first-order chi connectivity index (χ1) is 18.3. The highest BCUT2D eigenvalue weighted by atomic mass is 32.2. The Labute approximate surface area is 229 Å². The Morgan fingerprint density at radius 3 is 2.54 bits per heavy atom. The Bertz CT molecular complexity index is 1420. The predicted octanol–water partition coefficient (Wildman–Crippen LogP) is 8.16. The fraction of sp³-hybridized carbons (Fsp3) is 0.344. The second-order valence-electron chi connectivity index (χ2n) is 9.92. The predicted molar refractivity (Wildman–Crippen MR) is 160 cm³/mol. The highest BCUT2D eigenvalue weighted by molar-refractivity contribution is 8.03. The van der Waals surface area contributed by atoms with Crippen LogP contribution >= 0.6 is 23.1 Å². The molecule has 37 heavy (non-hydrogen) atoms. The number of para-hydroxylation sites is 2. The standard InChI is InChI=1S/C32H36N3S2/c1-3-34-26-12-6-8-14-28(26)36-30(34)20-18-24-16-17-25(32(24)33-22-10-5-11-23-33)19-21-31-35(4-2)27-13-7-9-15-29(27)37-31/h6-9,12-15,18-21H,3-5,10-11,16-17,22-23H2,1-2H3/q+1. The Balaban J connectivity index is 1.35. The number of thioether (sulfide) groups is 1. The van der Waals surface area contributed by atoms with Crippen LogP contribution in [0.5, 0.6) is 0 Å². The van der Waals surface area contributed by atoms with Crippen molar-refractivity contribution >= 4 is 45.1 Å². The maximum absolute atomic E-state index is 2.67. The lowest BCUT2D eigenvalue weighted by atomic mass is 10.1. The Kier molecular flexibility index (Phi) is 7.25. The van der Waals surface area contributed by atoms with Crippen LogP contribution in [0.25, 0.3) is 16.3 Å². The molecule has 3 aliphatic rings. The summed E-state index contributed by atoms with van der Waals surface area (Å²) in [4.78, 5) is 6.48. The van der Waals surface area contributed by atoms with Crippen molar-refractivity contribution in [3.05, 3.63) is 93.6 Å². The van der Waals surface area contributed by atoms with Crippen molar-refractivity contribution in [1.29, 1.82) is 0 Å². The second-order valence-corrected chi connectivity index (χ2v) is 12.0. The maximum atomic E-state index is 2.67. The number of aryl methyl sites for hydroxylation is 1. The SMILES string of the molecule is CCN1C(=CC=C2CCC(C=Cc3sc4ccccc4[n+]3CC)=C2N2CCCCC2)Sc2ccccc21. The van der Waals surface area contributed by atoms with Crippen LogP contribution in [0.4, 0.5) is 5.69 Å². The van der Waals surface area contributed by atoms with Gasteiger partial charge in [0.1, 0.15) is 11.2 Å². The van der Waals surface area contributed by atoms with Gasteiger partial charge in [0.15, 0.2) is 0 Å². The molecule has 5 heteroatoms. The van der Waals surface area contributed by atoms with E-state index in [0.29, 0.717) is 0 Å². The van der Waals surface area contributed by atoms with E-state index in [1.807, 2.05) is 23.1 Å². The number of thiazole rings is 1. The lowest BCUT2D eigenvalue weighted by Crippen LogP contribution is -2.33. The van der Waals surface area contributed by atoms with E-state index >= 15 is 0 Å². The number of rotatable bonds is 6. The number of likely N-dealkylation sites (tertiary alicyclic amines) is 1. The first-order valence-electron chi connectivity index (χ1n) is 13.8. The van der Waals surface area contributed by atoms with Gasteiger partial charge >= 0.3 is 0 Å². The number of nitrogens with zero attached hydrogens (tertiary/aromatic N) is 3. The van der Waals surface area contributed by atoms with E-state index in [0.717, 1.165) is 25.9 Å². The molecule has 2 aliphatic heterocycles. The van der Waals surface area contributed by atoms with Gasteiger partial charge in [-0.3, -0.25) is 0 Å². The molecule has 0 spiro atoms. The molecule has 0 bridgehead atoms. The van der Waals surface area contributed by atoms with Crippen molar-refractivity contribution < 1.29 is 4.57 Å². The average molecular weight is 527 g/mol. The van der Waals surface area contributed by atoms with Crippen molar-refractivity contribution in [2.45, 2.75) is 57.4 Å². The van der Waals surface area contributed by atoms with E-state index in [2.05, 4.69) is 101 Å². The van der Waals surface area contributed by atoms with Gasteiger partial charge in [-0.25, -0.2) is 0 Å². The summed E-state index contributed by atoms with van der Waals surface area (Å²) < 4.78 is 3.81. The molecule has 0 saturated carbocycles. The van der Waals surface area contributed by atoms with Gasteiger partial charge in [-0.05, 0) is 87.4 Å². The van der Waals surface area contributed by atoms with Gasteiger partial charge < -0.3 is 9.80 Å². The minimum absolute atomic E-state index is 0.994. The summed E-state index contributed by atoms with van der Waals surface area (Å²) in [6, 6.07) is 17.6. The van der Waals surface area contributed by atoms with Crippen LogP contribution in [0.1, 0.15) is 51.0 Å². The van der Waals surface area contributed by atoms with Crippen LogP contribution in [-0.2, 0) is 6.54 Å². The van der Waals surface area contributed by atoms with E-state index in [1.54, 1.807) is 0 Å². The third-order valence-electron chi connectivity index (χ3n) is 7.70. The summed E-state index contributed by atoms with van der Waals surface area (Å²) in [7, 11) is 0. The summed E-state index contributed by atoms with van der Waals surface area (Å²) in [6.07, 6.45) is 15.8. The molecule has 0 radical (unpaired) electrons. The van der Waals surface area contributed by atoms with Crippen LogP contribution < -0.4 is 9.47 Å². The van der Waals surface area contributed by atoms with E-state index in [9.17, 15) is 0 Å². The third kappa shape index (κ3) is 4.80. The molecule has 1 aromatic heterocycles. The number of piperidine rings is 1. The minimum Gasteiger partial charge on any atom is -0.371 e. The quantitative estimate of drug-likeness (QED) is 0.300. The summed E-state index contributed by atoms with van der Waals surface area (Å²) in [6.45, 7) is 8.85. The zero-order valence-electron chi connectivity index (χ0n) is 22.0. The number of fused-ring (bicyclic) bond motifs is 2. The molecule has 2 aromatic carbocycles. The van der Waals surface area contributed by atoms with Crippen LogP contribution in [0, 0.1) is 0 Å². The molecule has 0 N–H and O–H groups in total. The number of benzene rings is 2. The molecule has 3 nitrogen and oxygen atoms in total. The fourth-order valence-corrected chi connectivity index (χ4v) is 8.17. The average Bonchev–Trinajstić information content (AvgIpc) is 3.63. The zero-order valence-corrected chi connectivity index (χ0v) is 23.6. The van der Waals surface area contributed by atoms with Gasteiger partial charge in [0, 0.05) is 42.4 Å². The van der Waals surface area contributed by atoms with Crippen LogP contribution in [-0.4, -0.2) is 24.5 Å². The minimum atomic E-state index is 0.994. The van der Waals surface area contributed by atoms with E-state index in [1.165, 1.54) is 80.0 Å². The molecule has 0 amide bonds. The summed E-state index contributed by atoms with van der Waals surface area (Å²) in [5.41, 5.74) is 7.19. The molecular formula is C32H36N3S2+. The van der Waals surface area contributed by atoms with Crippen molar-refractivity contribution in [1.82, 2.24) is 4.90 Å². The van der Waals surface area contributed by atoms with Gasteiger partial charge in [0.25, 0.3) is 5.01 Å². The maximum Gasteiger partial charge on any atom is 0.262 e. The van der Waals surface area contributed by atoms with Gasteiger partial charge in [-0.1, -0.05) is 53.4 Å². The van der Waals surface area contributed by atoms with Crippen LogP contribution in [0.2, 0.25) is 0 Å². The smallest absolute Gasteiger partial charge is 0.262 e. The molecule has 0 unspecified atom stereocenters. The van der Waals surface area contributed by atoms with E-state index in [-0.39, 0.29) is 0 Å². The Hall–Kier alpha value is -2.76. The van der Waals surface area contributed by atoms with Crippen LogP contribution in [0.3, 0.4) is 0 Å². The molecule has 1 fully saturated rings. The van der Waals surface area contributed by atoms with Gasteiger partial charge in [0.05, 0.1) is 10.7 Å². The first-order valence-corrected chi connectivity index (χ1v) is 15.4. The van der Waals surface area contributed by atoms with Crippen molar-refractivity contribution in [2.75, 3.05) is 24.5 Å². The second kappa shape index (κ2) is 10.9. The molecule has 0 atom stereocenters. The normalized spacial score (nSPS) is 20.4. The van der Waals surface area contributed by atoms with Gasteiger partial charge in [-0.2, -0.15) is 4.57 Å². The zero-order chi connectivity index (χ0) is 25.2. The summed E-state index contributed by atoms with van der Waals surface area (Å²) >= 11 is 3.80. The number of allylic oxidation sites excluding steroid dienone is 5. The number of hydrogen-bond acceptors (Lipinski definition) is 4. The van der Waals surface area contributed by atoms with Gasteiger partial charge in [0.2, 0.25) is 5.52 Å². The van der Waals surface area contributed by atoms with E-state index in [4.69, 9.17) is 0 Å². The van der Waals surface area contributed by atoms with Gasteiger partial charge in [-0.15, -0.1) is 0 Å². The highest BCUT2D eigenvalue weighted by Crippen LogP contribution is 2.46. The topological polar surface area (TPSA) is 10.4 Å². The molecular weight excluding hydrogens is 491 g/mol. The molecule has 3 aromatic rings. The monoisotopic (exact) mass is 526 g/mol. The number of aromatic nitrogens is 1. The molecule has 1 saturated heterocycles.